The predicted molar refractivity (Wildman–Crippen MR) is 83.2 cm³/mol. The zero-order chi connectivity index (χ0) is 13.0. The van der Waals surface area contributed by atoms with Gasteiger partial charge in [0.15, 0.2) is 0 Å². The van der Waals surface area contributed by atoms with E-state index in [1.807, 2.05) is 0 Å². The van der Waals surface area contributed by atoms with E-state index in [2.05, 4.69) is 15.6 Å². The van der Waals surface area contributed by atoms with E-state index in [1.54, 1.807) is 12.1 Å². The Balaban J connectivity index is 0.00000180. The van der Waals surface area contributed by atoms with E-state index >= 15 is 0 Å². The van der Waals surface area contributed by atoms with E-state index < -0.39 is 0 Å². The first-order chi connectivity index (χ1) is 8.65. The van der Waals surface area contributed by atoms with Crippen LogP contribution in [0.4, 0.5) is 0 Å². The number of hydrogen-bond acceptors (Lipinski definition) is 5. The monoisotopic (exact) mass is 361 g/mol. The largest absolute Gasteiger partial charge is 0.460 e. The van der Waals surface area contributed by atoms with Crippen molar-refractivity contribution in [3.63, 3.8) is 0 Å². The number of carbonyl (C=O) groups is 1. The highest BCUT2D eigenvalue weighted by Gasteiger charge is 2.21. The lowest BCUT2D eigenvalue weighted by molar-refractivity contribution is -0.147. The smallest absolute Gasteiger partial charge is 0.324 e. The molecule has 9 heteroatoms. The molecule has 0 spiro atoms. The van der Waals surface area contributed by atoms with Crippen LogP contribution in [0.3, 0.4) is 0 Å². The molecule has 0 aliphatic carbocycles. The second-order valence-electron chi connectivity index (χ2n) is 3.94. The molecule has 0 radical (unpaired) electrons. The third kappa shape index (κ3) is 5.99. The van der Waals surface area contributed by atoms with E-state index in [4.69, 9.17) is 27.9 Å². The van der Waals surface area contributed by atoms with E-state index in [1.165, 1.54) is 0 Å². The molecule has 1 aliphatic rings. The number of hydrogen-bond donors (Lipinski definition) is 2. The third-order valence-corrected chi connectivity index (χ3v) is 2.92. The molecule has 2 heterocycles. The van der Waals surface area contributed by atoms with Gasteiger partial charge in [0.1, 0.15) is 23.0 Å². The Labute approximate surface area is 139 Å². The minimum atomic E-state index is -0.300. The number of pyridine rings is 1. The van der Waals surface area contributed by atoms with Crippen LogP contribution in [0.2, 0.25) is 10.3 Å². The molecule has 5 nitrogen and oxygen atoms in total. The minimum absolute atomic E-state index is 0. The van der Waals surface area contributed by atoms with Gasteiger partial charge in [0.25, 0.3) is 0 Å². The number of esters is 1. The van der Waals surface area contributed by atoms with Crippen LogP contribution >= 0.6 is 48.0 Å². The predicted octanol–water partition coefficient (Wildman–Crippen LogP) is 1.84. The number of carbonyl (C=O) groups excluding carboxylic acids is 1. The lowest BCUT2D eigenvalue weighted by Gasteiger charge is -2.22. The Kier molecular flexibility index (Phi) is 9.46. The fourth-order valence-electron chi connectivity index (χ4n) is 1.67. The quantitative estimate of drug-likeness (QED) is 0.634. The average Bonchev–Trinajstić information content (AvgIpc) is 2.36. The number of ether oxygens (including phenoxy) is 1. The summed E-state index contributed by atoms with van der Waals surface area (Å²) in [5, 5.41) is 6.76. The van der Waals surface area contributed by atoms with Gasteiger partial charge in [0.2, 0.25) is 0 Å². The number of aromatic nitrogens is 1. The second-order valence-corrected chi connectivity index (χ2v) is 4.71. The molecule has 20 heavy (non-hydrogen) atoms. The summed E-state index contributed by atoms with van der Waals surface area (Å²) in [6.45, 7) is 2.34. The number of halogens is 4. The van der Waals surface area contributed by atoms with E-state index in [-0.39, 0.29) is 53.7 Å². The molecule has 1 atom stereocenters. The lowest BCUT2D eigenvalue weighted by atomic mass is 10.2. The van der Waals surface area contributed by atoms with Crippen molar-refractivity contribution < 1.29 is 9.53 Å². The zero-order valence-electron chi connectivity index (χ0n) is 10.4. The van der Waals surface area contributed by atoms with Crippen molar-refractivity contribution >= 4 is 54.0 Å². The Morgan fingerprint density at radius 1 is 1.30 bits per heavy atom. The summed E-state index contributed by atoms with van der Waals surface area (Å²) in [5.41, 5.74) is 0.720. The number of piperazine rings is 1. The van der Waals surface area contributed by atoms with E-state index in [0.717, 1.165) is 18.7 Å². The number of rotatable bonds is 3. The molecule has 0 aromatic carbocycles. The van der Waals surface area contributed by atoms with Crippen LogP contribution in [-0.2, 0) is 16.1 Å². The number of nitrogens with zero attached hydrogens (tertiary/aromatic N) is 1. The molecule has 114 valence electrons. The summed E-state index contributed by atoms with van der Waals surface area (Å²) in [4.78, 5) is 15.6. The van der Waals surface area contributed by atoms with Gasteiger partial charge in [0.05, 0.1) is 0 Å². The lowest BCUT2D eigenvalue weighted by Crippen LogP contribution is -2.52. The van der Waals surface area contributed by atoms with Crippen LogP contribution in [-0.4, -0.2) is 36.6 Å². The Hall–Kier alpha value is -0.300. The summed E-state index contributed by atoms with van der Waals surface area (Å²) >= 11 is 11.5. The molecule has 0 bridgehead atoms. The molecule has 2 rings (SSSR count). The molecule has 2 N–H and O–H groups in total. The Morgan fingerprint density at radius 2 is 1.95 bits per heavy atom. The first-order valence-corrected chi connectivity index (χ1v) is 6.33. The van der Waals surface area contributed by atoms with Crippen LogP contribution in [0, 0.1) is 0 Å². The standard InChI is InChI=1S/C11H13Cl2N3O2.2ClH/c12-9-3-7(4-10(13)16-9)6-18-11(17)8-5-14-1-2-15-8;;/h3-4,8,14-15H,1-2,5-6H2;2*1H/t8-;;/m0../s1. The highest BCUT2D eigenvalue weighted by molar-refractivity contribution is 6.32. The summed E-state index contributed by atoms with van der Waals surface area (Å²) < 4.78 is 5.19. The van der Waals surface area contributed by atoms with Gasteiger partial charge in [-0.15, -0.1) is 24.8 Å². The average molecular weight is 363 g/mol. The molecule has 1 fully saturated rings. The number of nitrogens with one attached hydrogen (secondary N) is 2. The van der Waals surface area contributed by atoms with Crippen molar-refractivity contribution in [1.82, 2.24) is 15.6 Å². The summed E-state index contributed by atoms with van der Waals surface area (Å²) in [5.74, 6) is -0.286. The van der Waals surface area contributed by atoms with Gasteiger partial charge >= 0.3 is 5.97 Å². The fraction of sp³-hybridized carbons (Fsp3) is 0.455. The molecular weight excluding hydrogens is 348 g/mol. The van der Waals surface area contributed by atoms with Crippen molar-refractivity contribution in [3.05, 3.63) is 28.0 Å². The van der Waals surface area contributed by atoms with Crippen LogP contribution in [0.5, 0.6) is 0 Å². The van der Waals surface area contributed by atoms with Gasteiger partial charge in [-0.2, -0.15) is 0 Å². The molecular formula is C11H15Cl4N3O2. The minimum Gasteiger partial charge on any atom is -0.460 e. The first-order valence-electron chi connectivity index (χ1n) is 5.58. The molecule has 0 amide bonds. The van der Waals surface area contributed by atoms with Gasteiger partial charge in [-0.3, -0.25) is 4.79 Å². The van der Waals surface area contributed by atoms with Gasteiger partial charge in [0, 0.05) is 19.6 Å². The maximum absolute atomic E-state index is 11.7. The fourth-order valence-corrected chi connectivity index (χ4v) is 2.18. The summed E-state index contributed by atoms with van der Waals surface area (Å²) in [7, 11) is 0. The van der Waals surface area contributed by atoms with Gasteiger partial charge in [-0.25, -0.2) is 4.98 Å². The molecule has 0 unspecified atom stereocenters. The van der Waals surface area contributed by atoms with E-state index in [9.17, 15) is 4.79 Å². The van der Waals surface area contributed by atoms with Crippen molar-refractivity contribution in [2.24, 2.45) is 0 Å². The van der Waals surface area contributed by atoms with Gasteiger partial charge in [-0.05, 0) is 17.7 Å². The van der Waals surface area contributed by atoms with Crippen LogP contribution in [0.25, 0.3) is 0 Å². The third-order valence-electron chi connectivity index (χ3n) is 2.53. The normalized spacial score (nSPS) is 17.6. The maximum atomic E-state index is 11.7. The molecule has 1 saturated heterocycles. The molecule has 1 aliphatic heterocycles. The maximum Gasteiger partial charge on any atom is 0.324 e. The van der Waals surface area contributed by atoms with Crippen LogP contribution in [0.1, 0.15) is 5.56 Å². The molecule has 0 saturated carbocycles. The Bertz CT molecular complexity index is 421. The highest BCUT2D eigenvalue weighted by atomic mass is 35.5. The second kappa shape index (κ2) is 9.60. The molecule has 1 aromatic rings. The summed E-state index contributed by atoms with van der Waals surface area (Å²) in [6.07, 6.45) is 0. The Morgan fingerprint density at radius 3 is 2.50 bits per heavy atom. The van der Waals surface area contributed by atoms with Crippen molar-refractivity contribution in [2.75, 3.05) is 19.6 Å². The molecule has 1 aromatic heterocycles. The highest BCUT2D eigenvalue weighted by Crippen LogP contribution is 2.15. The SMILES string of the molecule is Cl.Cl.O=C(OCc1cc(Cl)nc(Cl)c1)[C@@H]1CNCCN1. The van der Waals surface area contributed by atoms with Crippen molar-refractivity contribution in [3.8, 4) is 0 Å². The van der Waals surface area contributed by atoms with Crippen molar-refractivity contribution in [1.29, 1.82) is 0 Å². The van der Waals surface area contributed by atoms with Gasteiger partial charge < -0.3 is 15.4 Å². The van der Waals surface area contributed by atoms with E-state index in [0.29, 0.717) is 6.54 Å². The van der Waals surface area contributed by atoms with Gasteiger partial charge in [-0.1, -0.05) is 23.2 Å². The zero-order valence-corrected chi connectivity index (χ0v) is 13.5. The summed E-state index contributed by atoms with van der Waals surface area (Å²) in [6, 6.07) is 2.94. The topological polar surface area (TPSA) is 63.2 Å². The van der Waals surface area contributed by atoms with Crippen molar-refractivity contribution in [2.45, 2.75) is 12.6 Å². The van der Waals surface area contributed by atoms with Crippen LogP contribution in [0.15, 0.2) is 12.1 Å². The van der Waals surface area contributed by atoms with Crippen LogP contribution < -0.4 is 10.6 Å². The first kappa shape index (κ1) is 19.7.